The molecular weight excluding hydrogens is 408 g/mol. The van der Waals surface area contributed by atoms with Crippen LogP contribution in [0.1, 0.15) is 18.5 Å². The topological polar surface area (TPSA) is 77.6 Å². The Labute approximate surface area is 183 Å². The molecular formula is C23H20N6OS. The van der Waals surface area contributed by atoms with Crippen LogP contribution in [-0.2, 0) is 11.3 Å². The monoisotopic (exact) mass is 428 g/mol. The van der Waals surface area contributed by atoms with Crippen molar-refractivity contribution in [1.82, 2.24) is 29.4 Å². The van der Waals surface area contributed by atoms with Crippen molar-refractivity contribution in [3.63, 3.8) is 0 Å². The van der Waals surface area contributed by atoms with E-state index in [0.717, 1.165) is 28.0 Å². The number of nitrogens with zero attached hydrogens (tertiary/aromatic N) is 5. The Morgan fingerprint density at radius 3 is 2.74 bits per heavy atom. The molecule has 2 aromatic carbocycles. The number of nitrogens with one attached hydrogen (secondary N) is 1. The number of aromatic nitrogens is 5. The smallest absolute Gasteiger partial charge is 0.240 e. The lowest BCUT2D eigenvalue weighted by Crippen LogP contribution is -2.30. The second kappa shape index (κ2) is 8.16. The van der Waals surface area contributed by atoms with E-state index >= 15 is 0 Å². The average molecular weight is 429 g/mol. The molecule has 3 heterocycles. The van der Waals surface area contributed by atoms with Gasteiger partial charge in [0.15, 0.2) is 5.82 Å². The van der Waals surface area contributed by atoms with Crippen molar-refractivity contribution in [3.8, 4) is 17.2 Å². The van der Waals surface area contributed by atoms with Crippen LogP contribution in [0.2, 0.25) is 0 Å². The van der Waals surface area contributed by atoms with Crippen LogP contribution in [-0.4, -0.2) is 30.0 Å². The van der Waals surface area contributed by atoms with Gasteiger partial charge in [0, 0.05) is 23.5 Å². The molecule has 1 atom stereocenters. The molecule has 5 rings (SSSR count). The first-order chi connectivity index (χ1) is 15.2. The van der Waals surface area contributed by atoms with Gasteiger partial charge in [0.1, 0.15) is 12.2 Å². The molecule has 0 saturated heterocycles. The Bertz CT molecular complexity index is 1310. The van der Waals surface area contributed by atoms with Crippen molar-refractivity contribution in [2.24, 2.45) is 0 Å². The zero-order valence-corrected chi connectivity index (χ0v) is 17.7. The van der Waals surface area contributed by atoms with Crippen molar-refractivity contribution >= 4 is 28.3 Å². The molecule has 0 bridgehead atoms. The summed E-state index contributed by atoms with van der Waals surface area (Å²) in [5, 5.41) is 5.05. The minimum atomic E-state index is -0.123. The summed E-state index contributed by atoms with van der Waals surface area (Å²) in [6, 6.07) is 15.8. The molecule has 0 unspecified atom stereocenters. The minimum Gasteiger partial charge on any atom is -0.348 e. The first-order valence-electron chi connectivity index (χ1n) is 9.90. The predicted octanol–water partition coefficient (Wildman–Crippen LogP) is 4.22. The van der Waals surface area contributed by atoms with Gasteiger partial charge in [0.25, 0.3) is 0 Å². The van der Waals surface area contributed by atoms with Crippen LogP contribution in [0.15, 0.2) is 78.1 Å². The molecule has 7 nitrogen and oxygen atoms in total. The third kappa shape index (κ3) is 3.85. The first-order valence-corrected chi connectivity index (χ1v) is 10.8. The molecule has 0 fully saturated rings. The molecule has 5 aromatic rings. The summed E-state index contributed by atoms with van der Waals surface area (Å²) in [5.41, 5.74) is 6.37. The summed E-state index contributed by atoms with van der Waals surface area (Å²) < 4.78 is 3.87. The fraction of sp³-hybridized carbons (Fsp3) is 0.130. The van der Waals surface area contributed by atoms with E-state index in [1.807, 2.05) is 76.2 Å². The van der Waals surface area contributed by atoms with Crippen molar-refractivity contribution in [3.05, 3.63) is 83.7 Å². The lowest BCUT2D eigenvalue weighted by molar-refractivity contribution is -0.122. The zero-order chi connectivity index (χ0) is 21.2. The van der Waals surface area contributed by atoms with Gasteiger partial charge in [-0.25, -0.2) is 15.0 Å². The number of hydrogen-bond acceptors (Lipinski definition) is 5. The molecule has 0 aliphatic heterocycles. The summed E-state index contributed by atoms with van der Waals surface area (Å²) in [7, 11) is 0. The molecule has 8 heteroatoms. The Hall–Kier alpha value is -3.78. The Balaban J connectivity index is 1.35. The van der Waals surface area contributed by atoms with E-state index in [-0.39, 0.29) is 18.5 Å². The highest BCUT2D eigenvalue weighted by molar-refractivity contribution is 7.07. The molecule has 3 aromatic heterocycles. The summed E-state index contributed by atoms with van der Waals surface area (Å²) in [4.78, 5) is 26.1. The second-order valence-electron chi connectivity index (χ2n) is 7.23. The Morgan fingerprint density at radius 2 is 2.00 bits per heavy atom. The largest absolute Gasteiger partial charge is 0.348 e. The molecule has 0 aliphatic rings. The summed E-state index contributed by atoms with van der Waals surface area (Å²) in [6.07, 6.45) is 5.40. The van der Waals surface area contributed by atoms with Gasteiger partial charge >= 0.3 is 0 Å². The standard InChI is InChI=1S/C23H20N6OS/c1-16(17-6-8-18(9-7-17)28-11-10-24-14-28)26-22(30)12-29-21-5-3-2-4-19(21)27-23(29)20-13-31-15-25-20/h2-11,13-16H,12H2,1H3,(H,26,30)/t16-/m1/s1. The molecule has 0 saturated carbocycles. The van der Waals surface area contributed by atoms with Gasteiger partial charge in [-0.05, 0) is 36.8 Å². The van der Waals surface area contributed by atoms with Gasteiger partial charge in [-0.3, -0.25) is 4.79 Å². The highest BCUT2D eigenvalue weighted by atomic mass is 32.1. The van der Waals surface area contributed by atoms with Crippen LogP contribution >= 0.6 is 11.3 Å². The van der Waals surface area contributed by atoms with Gasteiger partial charge in [0.2, 0.25) is 5.91 Å². The maximum atomic E-state index is 12.9. The number of thiazole rings is 1. The van der Waals surface area contributed by atoms with Gasteiger partial charge < -0.3 is 14.5 Å². The summed E-state index contributed by atoms with van der Waals surface area (Å²) >= 11 is 1.51. The number of carbonyl (C=O) groups excluding carboxylic acids is 1. The molecule has 31 heavy (non-hydrogen) atoms. The minimum absolute atomic E-state index is 0.0779. The normalized spacial score (nSPS) is 12.2. The van der Waals surface area contributed by atoms with Crippen molar-refractivity contribution < 1.29 is 4.79 Å². The van der Waals surface area contributed by atoms with Crippen LogP contribution < -0.4 is 5.32 Å². The van der Waals surface area contributed by atoms with Crippen LogP contribution in [0.3, 0.4) is 0 Å². The van der Waals surface area contributed by atoms with E-state index in [4.69, 9.17) is 4.98 Å². The summed E-state index contributed by atoms with van der Waals surface area (Å²) in [5.74, 6) is 0.626. The predicted molar refractivity (Wildman–Crippen MR) is 121 cm³/mol. The third-order valence-corrected chi connectivity index (χ3v) is 5.78. The van der Waals surface area contributed by atoms with E-state index in [0.29, 0.717) is 5.82 Å². The van der Waals surface area contributed by atoms with E-state index in [1.54, 1.807) is 18.0 Å². The van der Waals surface area contributed by atoms with E-state index in [1.165, 1.54) is 11.3 Å². The number of rotatable bonds is 6. The molecule has 0 spiro atoms. The quantitative estimate of drug-likeness (QED) is 0.439. The third-order valence-electron chi connectivity index (χ3n) is 5.19. The van der Waals surface area contributed by atoms with Crippen LogP contribution in [0.25, 0.3) is 28.2 Å². The SMILES string of the molecule is C[C@@H](NC(=O)Cn1c(-c2cscn2)nc2ccccc21)c1ccc(-n2ccnc2)cc1. The number of fused-ring (bicyclic) bond motifs is 1. The number of hydrogen-bond donors (Lipinski definition) is 1. The second-order valence-corrected chi connectivity index (χ2v) is 7.95. The van der Waals surface area contributed by atoms with Crippen LogP contribution in [0.4, 0.5) is 0 Å². The maximum absolute atomic E-state index is 12.9. The Kier molecular flexibility index (Phi) is 5.05. The first kappa shape index (κ1) is 19.2. The van der Waals surface area contributed by atoms with E-state index in [2.05, 4.69) is 15.3 Å². The van der Waals surface area contributed by atoms with Crippen molar-refractivity contribution in [2.45, 2.75) is 19.5 Å². The fourth-order valence-electron chi connectivity index (χ4n) is 3.62. The molecule has 154 valence electrons. The number of carbonyl (C=O) groups is 1. The maximum Gasteiger partial charge on any atom is 0.240 e. The van der Waals surface area contributed by atoms with Gasteiger partial charge in [-0.1, -0.05) is 24.3 Å². The molecule has 0 aliphatic carbocycles. The van der Waals surface area contributed by atoms with Crippen molar-refractivity contribution in [2.75, 3.05) is 0 Å². The van der Waals surface area contributed by atoms with Crippen LogP contribution in [0, 0.1) is 0 Å². The van der Waals surface area contributed by atoms with E-state index < -0.39 is 0 Å². The molecule has 1 amide bonds. The molecule has 1 N–H and O–H groups in total. The number of amides is 1. The highest BCUT2D eigenvalue weighted by Crippen LogP contribution is 2.25. The number of imidazole rings is 2. The highest BCUT2D eigenvalue weighted by Gasteiger charge is 2.17. The fourth-order valence-corrected chi connectivity index (χ4v) is 4.15. The Morgan fingerprint density at radius 1 is 1.16 bits per heavy atom. The lowest BCUT2D eigenvalue weighted by atomic mass is 10.1. The zero-order valence-electron chi connectivity index (χ0n) is 16.8. The average Bonchev–Trinajstić information content (AvgIpc) is 3.55. The molecule has 0 radical (unpaired) electrons. The number of para-hydroxylation sites is 2. The number of benzene rings is 2. The summed E-state index contributed by atoms with van der Waals surface area (Å²) in [6.45, 7) is 2.16. The van der Waals surface area contributed by atoms with Crippen LogP contribution in [0.5, 0.6) is 0 Å². The van der Waals surface area contributed by atoms with Gasteiger partial charge in [0.05, 0.1) is 28.9 Å². The van der Waals surface area contributed by atoms with Crippen molar-refractivity contribution in [1.29, 1.82) is 0 Å². The lowest BCUT2D eigenvalue weighted by Gasteiger charge is -2.16. The van der Waals surface area contributed by atoms with Gasteiger partial charge in [-0.15, -0.1) is 11.3 Å². The van der Waals surface area contributed by atoms with E-state index in [9.17, 15) is 4.79 Å². The van der Waals surface area contributed by atoms with Gasteiger partial charge in [-0.2, -0.15) is 0 Å².